The third kappa shape index (κ3) is 4.31. The lowest BCUT2D eigenvalue weighted by Crippen LogP contribution is -2.41. The van der Waals surface area contributed by atoms with Crippen LogP contribution in [0.3, 0.4) is 0 Å². The number of carbonyl (C=O) groups excluding carboxylic acids is 1. The van der Waals surface area contributed by atoms with Gasteiger partial charge < -0.3 is 5.32 Å². The quantitative estimate of drug-likeness (QED) is 0.851. The van der Waals surface area contributed by atoms with Gasteiger partial charge in [0.2, 0.25) is 0 Å². The van der Waals surface area contributed by atoms with Crippen molar-refractivity contribution in [3.63, 3.8) is 0 Å². The fourth-order valence-electron chi connectivity index (χ4n) is 3.51. The minimum Gasteiger partial charge on any atom is -0.350 e. The van der Waals surface area contributed by atoms with Crippen LogP contribution in [0.1, 0.15) is 52.2 Å². The third-order valence-electron chi connectivity index (χ3n) is 5.44. The number of nitrogens with zero attached hydrogens (tertiary/aromatic N) is 1. The van der Waals surface area contributed by atoms with E-state index in [1.807, 2.05) is 19.1 Å². The Morgan fingerprint density at radius 2 is 2.00 bits per heavy atom. The Morgan fingerprint density at radius 3 is 2.68 bits per heavy atom. The van der Waals surface area contributed by atoms with Crippen LogP contribution in [0.15, 0.2) is 35.7 Å². The van der Waals surface area contributed by atoms with Gasteiger partial charge in [-0.1, -0.05) is 25.1 Å². The van der Waals surface area contributed by atoms with Crippen LogP contribution in [0.25, 0.3) is 0 Å². The third-order valence-corrected chi connectivity index (χ3v) is 6.41. The van der Waals surface area contributed by atoms with Crippen LogP contribution < -0.4 is 5.32 Å². The van der Waals surface area contributed by atoms with Crippen LogP contribution in [-0.2, 0) is 0 Å². The van der Waals surface area contributed by atoms with Gasteiger partial charge in [0.25, 0.3) is 5.91 Å². The summed E-state index contributed by atoms with van der Waals surface area (Å²) >= 11 is 1.79. The number of nitrogens with one attached hydrogen (secondary N) is 1. The zero-order valence-corrected chi connectivity index (χ0v) is 16.2. The van der Waals surface area contributed by atoms with Crippen molar-refractivity contribution in [2.45, 2.75) is 39.7 Å². The van der Waals surface area contributed by atoms with Crippen molar-refractivity contribution in [3.8, 4) is 0 Å². The molecule has 1 N–H and O–H groups in total. The van der Waals surface area contributed by atoms with Gasteiger partial charge in [0.05, 0.1) is 6.04 Å². The number of amides is 1. The molecule has 1 unspecified atom stereocenters. The van der Waals surface area contributed by atoms with Crippen molar-refractivity contribution < 1.29 is 4.79 Å². The summed E-state index contributed by atoms with van der Waals surface area (Å²) in [6.07, 6.45) is 2.49. The summed E-state index contributed by atoms with van der Waals surface area (Å²) in [5, 5.41) is 5.32. The number of hydrogen-bond donors (Lipinski definition) is 1. The predicted molar refractivity (Wildman–Crippen MR) is 105 cm³/mol. The molecule has 1 saturated heterocycles. The summed E-state index contributed by atoms with van der Waals surface area (Å²) in [6.45, 7) is 9.30. The Labute approximate surface area is 155 Å². The molecule has 3 nitrogen and oxygen atoms in total. The number of likely N-dealkylation sites (tertiary alicyclic amines) is 1. The molecule has 1 fully saturated rings. The molecule has 1 aliphatic heterocycles. The van der Waals surface area contributed by atoms with Gasteiger partial charge in [-0.3, -0.25) is 9.69 Å². The highest BCUT2D eigenvalue weighted by Gasteiger charge is 2.26. The Balaban J connectivity index is 1.70. The first-order chi connectivity index (χ1) is 12.1. The molecule has 4 heteroatoms. The highest BCUT2D eigenvalue weighted by Crippen LogP contribution is 2.29. The molecule has 3 rings (SSSR count). The van der Waals surface area contributed by atoms with Gasteiger partial charge in [0, 0.05) is 17.0 Å². The van der Waals surface area contributed by atoms with E-state index in [1.54, 1.807) is 11.3 Å². The zero-order valence-electron chi connectivity index (χ0n) is 15.4. The van der Waals surface area contributed by atoms with E-state index in [-0.39, 0.29) is 11.9 Å². The van der Waals surface area contributed by atoms with E-state index >= 15 is 0 Å². The van der Waals surface area contributed by atoms with Gasteiger partial charge in [-0.15, -0.1) is 11.3 Å². The van der Waals surface area contributed by atoms with E-state index in [1.165, 1.54) is 17.7 Å². The van der Waals surface area contributed by atoms with Crippen LogP contribution >= 0.6 is 11.3 Å². The van der Waals surface area contributed by atoms with Gasteiger partial charge in [0.1, 0.15) is 0 Å². The average Bonchev–Trinajstić information content (AvgIpc) is 3.13. The summed E-state index contributed by atoms with van der Waals surface area (Å²) in [7, 11) is 0. The van der Waals surface area contributed by atoms with E-state index in [2.05, 4.69) is 47.6 Å². The molecule has 1 aliphatic rings. The van der Waals surface area contributed by atoms with Crippen LogP contribution in [0.4, 0.5) is 0 Å². The first-order valence-electron chi connectivity index (χ1n) is 9.18. The first kappa shape index (κ1) is 18.2. The standard InChI is InChI=1S/C21H28N2OS/c1-15-9-11-23(12-10-15)19(20-8-5-13-25-20)14-22-21(24)18-7-4-6-16(2)17(18)3/h4-8,13,15,19H,9-12,14H2,1-3H3,(H,22,24). The van der Waals surface area contributed by atoms with E-state index in [9.17, 15) is 4.79 Å². The molecule has 1 amide bonds. The summed E-state index contributed by atoms with van der Waals surface area (Å²) in [4.78, 5) is 16.6. The maximum atomic E-state index is 12.7. The average molecular weight is 357 g/mol. The number of piperidine rings is 1. The summed E-state index contributed by atoms with van der Waals surface area (Å²) in [5.74, 6) is 0.845. The molecule has 1 atom stereocenters. The Hall–Kier alpha value is -1.65. The molecule has 1 aromatic carbocycles. The summed E-state index contributed by atoms with van der Waals surface area (Å²) in [6, 6.07) is 10.5. The van der Waals surface area contributed by atoms with Crippen LogP contribution in [-0.4, -0.2) is 30.4 Å². The van der Waals surface area contributed by atoms with E-state index < -0.39 is 0 Å². The Morgan fingerprint density at radius 1 is 1.24 bits per heavy atom. The van der Waals surface area contributed by atoms with E-state index in [0.29, 0.717) is 6.54 Å². The molecule has 134 valence electrons. The molecule has 0 spiro atoms. The normalized spacial score (nSPS) is 17.4. The van der Waals surface area contributed by atoms with Crippen molar-refractivity contribution in [2.24, 2.45) is 5.92 Å². The molecule has 25 heavy (non-hydrogen) atoms. The lowest BCUT2D eigenvalue weighted by Gasteiger charge is -2.36. The largest absolute Gasteiger partial charge is 0.350 e. The van der Waals surface area contributed by atoms with Gasteiger partial charge in [-0.05, 0) is 74.3 Å². The molecule has 2 heterocycles. The number of benzene rings is 1. The second-order valence-electron chi connectivity index (χ2n) is 7.21. The minimum absolute atomic E-state index is 0.0353. The zero-order chi connectivity index (χ0) is 17.8. The Bertz CT molecular complexity index is 703. The second kappa shape index (κ2) is 8.15. The fourth-order valence-corrected chi connectivity index (χ4v) is 4.37. The highest BCUT2D eigenvalue weighted by atomic mass is 32.1. The van der Waals surface area contributed by atoms with Crippen LogP contribution in [0, 0.1) is 19.8 Å². The van der Waals surface area contributed by atoms with Gasteiger partial charge in [0.15, 0.2) is 0 Å². The number of carbonyl (C=O) groups is 1. The molecule has 0 bridgehead atoms. The van der Waals surface area contributed by atoms with Crippen molar-refractivity contribution in [1.82, 2.24) is 10.2 Å². The molecule has 0 saturated carbocycles. The van der Waals surface area contributed by atoms with Crippen molar-refractivity contribution in [2.75, 3.05) is 19.6 Å². The second-order valence-corrected chi connectivity index (χ2v) is 8.19. The van der Waals surface area contributed by atoms with Gasteiger partial charge in [-0.25, -0.2) is 0 Å². The molecule has 0 radical (unpaired) electrons. The molecular weight excluding hydrogens is 328 g/mol. The number of hydrogen-bond acceptors (Lipinski definition) is 3. The number of rotatable bonds is 5. The van der Waals surface area contributed by atoms with Crippen molar-refractivity contribution in [3.05, 3.63) is 57.3 Å². The Kier molecular flexibility index (Phi) is 5.92. The lowest BCUT2D eigenvalue weighted by atomic mass is 9.97. The van der Waals surface area contributed by atoms with E-state index in [0.717, 1.165) is 35.7 Å². The van der Waals surface area contributed by atoms with Crippen molar-refractivity contribution >= 4 is 17.2 Å². The fraction of sp³-hybridized carbons (Fsp3) is 0.476. The number of thiophene rings is 1. The predicted octanol–water partition coefficient (Wildman–Crippen LogP) is 4.57. The maximum absolute atomic E-state index is 12.7. The maximum Gasteiger partial charge on any atom is 0.251 e. The molecule has 1 aromatic heterocycles. The summed E-state index contributed by atoms with van der Waals surface area (Å²) in [5.41, 5.74) is 3.02. The molecule has 2 aromatic rings. The smallest absolute Gasteiger partial charge is 0.251 e. The highest BCUT2D eigenvalue weighted by molar-refractivity contribution is 7.10. The van der Waals surface area contributed by atoms with E-state index in [4.69, 9.17) is 0 Å². The van der Waals surface area contributed by atoms with Crippen molar-refractivity contribution in [1.29, 1.82) is 0 Å². The van der Waals surface area contributed by atoms with Crippen LogP contribution in [0.2, 0.25) is 0 Å². The van der Waals surface area contributed by atoms with Gasteiger partial charge >= 0.3 is 0 Å². The monoisotopic (exact) mass is 356 g/mol. The lowest BCUT2D eigenvalue weighted by molar-refractivity contribution is 0.0914. The summed E-state index contributed by atoms with van der Waals surface area (Å²) < 4.78 is 0. The van der Waals surface area contributed by atoms with Crippen LogP contribution in [0.5, 0.6) is 0 Å². The minimum atomic E-state index is 0.0353. The van der Waals surface area contributed by atoms with Gasteiger partial charge in [-0.2, -0.15) is 0 Å². The molecule has 0 aliphatic carbocycles. The molecular formula is C21H28N2OS. The topological polar surface area (TPSA) is 32.3 Å². The SMILES string of the molecule is Cc1cccc(C(=O)NCC(c2cccs2)N2CCC(C)CC2)c1C. The number of aryl methyl sites for hydroxylation is 1. The first-order valence-corrected chi connectivity index (χ1v) is 10.1.